The largest absolute Gasteiger partial charge is 0.373 e. The number of tetrazole rings is 1. The zero-order chi connectivity index (χ0) is 17.6. The zero-order valence-electron chi connectivity index (χ0n) is 14.6. The van der Waals surface area contributed by atoms with E-state index in [1.165, 1.54) is 0 Å². The molecule has 1 aromatic heterocycles. The highest BCUT2D eigenvalue weighted by atomic mass is 32.2. The Morgan fingerprint density at radius 1 is 1.44 bits per heavy atom. The molecule has 0 saturated carbocycles. The van der Waals surface area contributed by atoms with Crippen molar-refractivity contribution in [3.8, 4) is 0 Å². The Labute approximate surface area is 151 Å². The molecule has 8 heteroatoms. The summed E-state index contributed by atoms with van der Waals surface area (Å²) < 4.78 is 0. The number of para-hydroxylation sites is 1. The average Bonchev–Trinajstić information content (AvgIpc) is 3.20. The number of H-pyrrole nitrogens is 1. The van der Waals surface area contributed by atoms with Crippen molar-refractivity contribution in [2.75, 3.05) is 23.4 Å². The summed E-state index contributed by atoms with van der Waals surface area (Å²) in [7, 11) is 0. The standard InChI is InChI=1S/C17H24N6OS/c1-3-12(2)15(18-13-7-5-4-6-8-13)17(24)23-9-10-25-11-14(23)16-19-21-22-20-16/h4-8,12,14-15,18H,3,9-11H2,1-2H3,(H,19,20,21,22). The number of nitrogens with zero attached hydrogens (tertiary/aromatic N) is 4. The van der Waals surface area contributed by atoms with Crippen LogP contribution in [0.1, 0.15) is 32.1 Å². The summed E-state index contributed by atoms with van der Waals surface area (Å²) in [4.78, 5) is 15.3. The van der Waals surface area contributed by atoms with E-state index >= 15 is 0 Å². The molecule has 0 radical (unpaired) electrons. The van der Waals surface area contributed by atoms with Crippen molar-refractivity contribution in [2.24, 2.45) is 5.92 Å². The molecule has 1 saturated heterocycles. The minimum Gasteiger partial charge on any atom is -0.373 e. The summed E-state index contributed by atoms with van der Waals surface area (Å²) in [5.41, 5.74) is 0.962. The number of rotatable bonds is 6. The maximum atomic E-state index is 13.4. The van der Waals surface area contributed by atoms with Crippen LogP contribution in [0.25, 0.3) is 0 Å². The fraction of sp³-hybridized carbons (Fsp3) is 0.529. The smallest absolute Gasteiger partial charge is 0.246 e. The first-order valence-electron chi connectivity index (χ1n) is 8.63. The van der Waals surface area contributed by atoms with Gasteiger partial charge in [-0.05, 0) is 18.1 Å². The molecule has 3 unspecified atom stereocenters. The van der Waals surface area contributed by atoms with Crippen LogP contribution in [0.5, 0.6) is 0 Å². The van der Waals surface area contributed by atoms with Gasteiger partial charge in [-0.3, -0.25) is 4.79 Å². The molecule has 0 aliphatic carbocycles. The van der Waals surface area contributed by atoms with E-state index in [1.807, 2.05) is 47.0 Å². The molecule has 25 heavy (non-hydrogen) atoms. The Morgan fingerprint density at radius 3 is 2.92 bits per heavy atom. The lowest BCUT2D eigenvalue weighted by molar-refractivity contribution is -0.135. The Hall–Kier alpha value is -2.09. The molecule has 1 aromatic carbocycles. The molecular weight excluding hydrogens is 336 g/mol. The third-order valence-electron chi connectivity index (χ3n) is 4.65. The quantitative estimate of drug-likeness (QED) is 0.822. The predicted molar refractivity (Wildman–Crippen MR) is 99.3 cm³/mol. The Kier molecular flexibility index (Phi) is 5.91. The Balaban J connectivity index is 1.82. The lowest BCUT2D eigenvalue weighted by atomic mass is 9.96. The summed E-state index contributed by atoms with van der Waals surface area (Å²) in [6.07, 6.45) is 0.922. The maximum Gasteiger partial charge on any atom is 0.246 e. The van der Waals surface area contributed by atoms with E-state index in [9.17, 15) is 4.79 Å². The fourth-order valence-electron chi connectivity index (χ4n) is 2.97. The van der Waals surface area contributed by atoms with Gasteiger partial charge in [0, 0.05) is 23.7 Å². The number of carbonyl (C=O) groups is 1. The summed E-state index contributed by atoms with van der Waals surface area (Å²) in [5, 5.41) is 17.8. The van der Waals surface area contributed by atoms with Crippen molar-refractivity contribution >= 4 is 23.4 Å². The van der Waals surface area contributed by atoms with Gasteiger partial charge in [-0.1, -0.05) is 43.7 Å². The van der Waals surface area contributed by atoms with Crippen LogP contribution in [-0.2, 0) is 4.79 Å². The molecule has 2 aromatic rings. The van der Waals surface area contributed by atoms with E-state index in [4.69, 9.17) is 0 Å². The first kappa shape index (κ1) is 17.7. The number of thioether (sulfide) groups is 1. The zero-order valence-corrected chi connectivity index (χ0v) is 15.4. The molecule has 1 aliphatic heterocycles. The van der Waals surface area contributed by atoms with Gasteiger partial charge >= 0.3 is 0 Å². The highest BCUT2D eigenvalue weighted by Gasteiger charge is 2.36. The summed E-state index contributed by atoms with van der Waals surface area (Å²) >= 11 is 1.82. The van der Waals surface area contributed by atoms with Crippen LogP contribution in [-0.4, -0.2) is 55.5 Å². The monoisotopic (exact) mass is 360 g/mol. The second-order valence-electron chi connectivity index (χ2n) is 6.27. The summed E-state index contributed by atoms with van der Waals surface area (Å²) in [5.74, 6) is 2.63. The van der Waals surface area contributed by atoms with Crippen molar-refractivity contribution in [3.05, 3.63) is 36.2 Å². The lowest BCUT2D eigenvalue weighted by Crippen LogP contribution is -2.50. The fourth-order valence-corrected chi connectivity index (χ4v) is 4.01. The first-order valence-corrected chi connectivity index (χ1v) is 9.79. The number of aromatic nitrogens is 4. The van der Waals surface area contributed by atoms with Gasteiger partial charge in [0.05, 0.1) is 0 Å². The number of aromatic amines is 1. The van der Waals surface area contributed by atoms with E-state index in [2.05, 4.69) is 39.8 Å². The van der Waals surface area contributed by atoms with E-state index in [0.717, 1.165) is 23.6 Å². The summed E-state index contributed by atoms with van der Waals surface area (Å²) in [6.45, 7) is 4.92. The topological polar surface area (TPSA) is 86.8 Å². The minimum absolute atomic E-state index is 0.105. The van der Waals surface area contributed by atoms with Crippen LogP contribution in [0.2, 0.25) is 0 Å². The highest BCUT2D eigenvalue weighted by Crippen LogP contribution is 2.29. The van der Waals surface area contributed by atoms with Crippen LogP contribution < -0.4 is 5.32 Å². The van der Waals surface area contributed by atoms with Gasteiger partial charge in [0.25, 0.3) is 0 Å². The van der Waals surface area contributed by atoms with E-state index in [0.29, 0.717) is 12.4 Å². The molecule has 3 rings (SSSR count). The molecule has 1 fully saturated rings. The normalized spacial score (nSPS) is 20.1. The first-order chi connectivity index (χ1) is 12.2. The van der Waals surface area contributed by atoms with E-state index in [-0.39, 0.29) is 23.9 Å². The van der Waals surface area contributed by atoms with E-state index in [1.54, 1.807) is 0 Å². The van der Waals surface area contributed by atoms with Crippen molar-refractivity contribution in [2.45, 2.75) is 32.4 Å². The molecule has 1 aliphatic rings. The molecule has 7 nitrogen and oxygen atoms in total. The molecule has 0 bridgehead atoms. The minimum atomic E-state index is -0.273. The highest BCUT2D eigenvalue weighted by molar-refractivity contribution is 7.99. The van der Waals surface area contributed by atoms with Crippen LogP contribution in [0.3, 0.4) is 0 Å². The van der Waals surface area contributed by atoms with Gasteiger partial charge in [-0.2, -0.15) is 17.0 Å². The van der Waals surface area contributed by atoms with Gasteiger partial charge in [-0.25, -0.2) is 0 Å². The van der Waals surface area contributed by atoms with Gasteiger partial charge in [0.1, 0.15) is 12.1 Å². The van der Waals surface area contributed by atoms with Crippen LogP contribution >= 0.6 is 11.8 Å². The van der Waals surface area contributed by atoms with Gasteiger partial charge in [0.15, 0.2) is 5.82 Å². The SMILES string of the molecule is CCC(C)C(Nc1ccccc1)C(=O)N1CCSCC1c1nn[nH]n1. The average molecular weight is 360 g/mol. The van der Waals surface area contributed by atoms with Crippen LogP contribution in [0, 0.1) is 5.92 Å². The Morgan fingerprint density at radius 2 is 2.24 bits per heavy atom. The number of benzene rings is 1. The van der Waals surface area contributed by atoms with Crippen LogP contribution in [0.4, 0.5) is 5.69 Å². The van der Waals surface area contributed by atoms with Crippen molar-refractivity contribution in [3.63, 3.8) is 0 Å². The number of carbonyl (C=O) groups excluding carboxylic acids is 1. The number of hydrogen-bond donors (Lipinski definition) is 2. The van der Waals surface area contributed by atoms with Crippen molar-refractivity contribution in [1.82, 2.24) is 25.5 Å². The molecule has 1 amide bonds. The van der Waals surface area contributed by atoms with Crippen molar-refractivity contribution < 1.29 is 4.79 Å². The van der Waals surface area contributed by atoms with Gasteiger partial charge in [-0.15, -0.1) is 10.2 Å². The Bertz CT molecular complexity index is 665. The van der Waals surface area contributed by atoms with Crippen molar-refractivity contribution in [1.29, 1.82) is 0 Å². The third kappa shape index (κ3) is 4.12. The molecular formula is C17H24N6OS. The second-order valence-corrected chi connectivity index (χ2v) is 7.42. The van der Waals surface area contributed by atoms with Gasteiger partial charge in [0.2, 0.25) is 5.91 Å². The third-order valence-corrected chi connectivity index (χ3v) is 5.67. The summed E-state index contributed by atoms with van der Waals surface area (Å²) in [6, 6.07) is 9.50. The number of hydrogen-bond acceptors (Lipinski definition) is 6. The second kappa shape index (κ2) is 8.33. The predicted octanol–water partition coefficient (Wildman–Crippen LogP) is 2.34. The van der Waals surface area contributed by atoms with Crippen LogP contribution in [0.15, 0.2) is 30.3 Å². The molecule has 3 atom stereocenters. The lowest BCUT2D eigenvalue weighted by Gasteiger charge is -2.37. The number of anilines is 1. The molecule has 2 heterocycles. The number of amides is 1. The van der Waals surface area contributed by atoms with Gasteiger partial charge < -0.3 is 10.2 Å². The number of nitrogens with one attached hydrogen (secondary N) is 2. The maximum absolute atomic E-state index is 13.4. The molecule has 134 valence electrons. The van der Waals surface area contributed by atoms with E-state index < -0.39 is 0 Å². The molecule has 2 N–H and O–H groups in total. The molecule has 0 spiro atoms.